The van der Waals surface area contributed by atoms with Crippen LogP contribution in [0.15, 0.2) is 52.9 Å². The second kappa shape index (κ2) is 7.85. The third-order valence-corrected chi connectivity index (χ3v) is 4.82. The Bertz CT molecular complexity index is 974. The summed E-state index contributed by atoms with van der Waals surface area (Å²) in [6.45, 7) is 0. The summed E-state index contributed by atoms with van der Waals surface area (Å²) in [5.74, 6) is 0. The zero-order chi connectivity index (χ0) is 17.8. The van der Waals surface area contributed by atoms with Crippen LogP contribution in [-0.4, -0.2) is 10.7 Å². The quantitative estimate of drug-likeness (QED) is 0.419. The molecule has 1 heterocycles. The number of anilines is 1. The maximum atomic E-state index is 9.36. The minimum absolute atomic E-state index is 0.163. The molecule has 0 radical (unpaired) electrons. The monoisotopic (exact) mass is 406 g/mol. The molecule has 0 amide bonds. The molecule has 2 aromatic carbocycles. The van der Waals surface area contributed by atoms with Crippen LogP contribution < -0.4 is 5.43 Å². The van der Waals surface area contributed by atoms with Gasteiger partial charge in [0.1, 0.15) is 6.07 Å². The number of nitrogens with one attached hydrogen (secondary N) is 1. The van der Waals surface area contributed by atoms with Crippen molar-refractivity contribution in [3.8, 4) is 17.3 Å². The molecule has 1 aromatic heterocycles. The topological polar surface area (TPSA) is 61.1 Å². The van der Waals surface area contributed by atoms with Crippen LogP contribution in [0.4, 0.5) is 5.69 Å². The van der Waals surface area contributed by atoms with Gasteiger partial charge in [-0.05, 0) is 30.3 Å². The zero-order valence-corrected chi connectivity index (χ0v) is 15.6. The van der Waals surface area contributed by atoms with Gasteiger partial charge >= 0.3 is 0 Å². The fourth-order valence-corrected chi connectivity index (χ4v) is 3.30. The van der Waals surface area contributed by atoms with E-state index in [1.165, 1.54) is 11.3 Å². The maximum absolute atomic E-state index is 9.36. The molecule has 25 heavy (non-hydrogen) atoms. The molecule has 0 atom stereocenters. The van der Waals surface area contributed by atoms with E-state index < -0.39 is 0 Å². The highest BCUT2D eigenvalue weighted by molar-refractivity contribution is 7.12. The molecule has 0 aliphatic rings. The second-order valence-electron chi connectivity index (χ2n) is 4.85. The largest absolute Gasteiger partial charge is 0.276 e. The van der Waals surface area contributed by atoms with E-state index in [-0.39, 0.29) is 5.71 Å². The summed E-state index contributed by atoms with van der Waals surface area (Å²) in [5.41, 5.74) is 5.15. The number of hydrogen-bond acceptors (Lipinski definition) is 5. The number of hydrazone groups is 1. The van der Waals surface area contributed by atoms with Gasteiger partial charge in [0.2, 0.25) is 0 Å². The Kier molecular flexibility index (Phi) is 5.57. The highest BCUT2D eigenvalue weighted by Gasteiger charge is 2.11. The SMILES string of the molecule is N#C/C(=N\Nc1ccc(Cl)cc1Cl)c1nc(-c2ccc(Cl)cc2)cs1. The highest BCUT2D eigenvalue weighted by Crippen LogP contribution is 2.26. The number of thiazole rings is 1. The van der Waals surface area contributed by atoms with Crippen molar-refractivity contribution in [3.05, 3.63) is 67.9 Å². The molecule has 0 fully saturated rings. The van der Waals surface area contributed by atoms with E-state index in [9.17, 15) is 5.26 Å². The van der Waals surface area contributed by atoms with Crippen molar-refractivity contribution in [3.63, 3.8) is 0 Å². The Hall–Kier alpha value is -2.10. The first-order valence-corrected chi connectivity index (χ1v) is 8.99. The number of benzene rings is 2. The van der Waals surface area contributed by atoms with Crippen molar-refractivity contribution in [1.29, 1.82) is 5.26 Å². The van der Waals surface area contributed by atoms with Gasteiger partial charge in [-0.1, -0.05) is 46.9 Å². The van der Waals surface area contributed by atoms with E-state index in [1.54, 1.807) is 30.3 Å². The summed E-state index contributed by atoms with van der Waals surface area (Å²) in [6, 6.07) is 14.3. The van der Waals surface area contributed by atoms with Gasteiger partial charge in [-0.15, -0.1) is 11.3 Å². The molecule has 1 N–H and O–H groups in total. The lowest BCUT2D eigenvalue weighted by molar-refractivity contribution is 1.31. The van der Waals surface area contributed by atoms with Crippen LogP contribution in [0.2, 0.25) is 15.1 Å². The van der Waals surface area contributed by atoms with Crippen molar-refractivity contribution in [2.24, 2.45) is 5.10 Å². The average Bonchev–Trinajstić information content (AvgIpc) is 3.07. The molecule has 4 nitrogen and oxygen atoms in total. The van der Waals surface area contributed by atoms with Crippen molar-refractivity contribution in [2.45, 2.75) is 0 Å². The molecular formula is C17H9Cl3N4S. The molecule has 0 aliphatic heterocycles. The lowest BCUT2D eigenvalue weighted by Crippen LogP contribution is -2.01. The predicted molar refractivity (Wildman–Crippen MR) is 105 cm³/mol. The summed E-state index contributed by atoms with van der Waals surface area (Å²) < 4.78 is 0. The predicted octanol–water partition coefficient (Wildman–Crippen LogP) is 6.11. The van der Waals surface area contributed by atoms with Gasteiger partial charge in [0.05, 0.1) is 16.4 Å². The molecule has 0 saturated heterocycles. The summed E-state index contributed by atoms with van der Waals surface area (Å²) in [7, 11) is 0. The second-order valence-corrected chi connectivity index (χ2v) is 6.99. The third-order valence-electron chi connectivity index (χ3n) is 3.17. The molecule has 0 bridgehead atoms. The van der Waals surface area contributed by atoms with Gasteiger partial charge in [0, 0.05) is 21.0 Å². The molecule has 8 heteroatoms. The Labute approximate surface area is 163 Å². The van der Waals surface area contributed by atoms with Crippen LogP contribution in [0.3, 0.4) is 0 Å². The molecule has 124 valence electrons. The molecular weight excluding hydrogens is 399 g/mol. The van der Waals surface area contributed by atoms with E-state index in [0.717, 1.165) is 11.3 Å². The van der Waals surface area contributed by atoms with Crippen LogP contribution in [0.1, 0.15) is 5.01 Å². The molecule has 3 rings (SSSR count). The number of halogens is 3. The van der Waals surface area contributed by atoms with Gasteiger partial charge in [-0.3, -0.25) is 5.43 Å². The third kappa shape index (κ3) is 4.30. The lowest BCUT2D eigenvalue weighted by Gasteiger charge is -2.03. The summed E-state index contributed by atoms with van der Waals surface area (Å²) >= 11 is 19.2. The fourth-order valence-electron chi connectivity index (χ4n) is 1.95. The van der Waals surface area contributed by atoms with Crippen LogP contribution in [0.5, 0.6) is 0 Å². The smallest absolute Gasteiger partial charge is 0.196 e. The molecule has 3 aromatic rings. The fraction of sp³-hybridized carbons (Fsp3) is 0. The first-order valence-electron chi connectivity index (χ1n) is 6.97. The molecule has 0 unspecified atom stereocenters. The van der Waals surface area contributed by atoms with Gasteiger partial charge in [0.15, 0.2) is 10.7 Å². The van der Waals surface area contributed by atoms with E-state index in [1.807, 2.05) is 23.6 Å². The number of nitriles is 1. The van der Waals surface area contributed by atoms with Crippen molar-refractivity contribution < 1.29 is 0 Å². The number of aromatic nitrogens is 1. The Balaban J connectivity index is 1.84. The molecule has 0 saturated carbocycles. The van der Waals surface area contributed by atoms with E-state index in [2.05, 4.69) is 15.5 Å². The van der Waals surface area contributed by atoms with Crippen LogP contribution in [0, 0.1) is 11.3 Å². The minimum atomic E-state index is 0.163. The Morgan fingerprint density at radius 2 is 1.80 bits per heavy atom. The summed E-state index contributed by atoms with van der Waals surface area (Å²) in [5, 5.41) is 17.4. The Morgan fingerprint density at radius 1 is 1.08 bits per heavy atom. The number of rotatable bonds is 4. The van der Waals surface area contributed by atoms with Gasteiger partial charge in [0.25, 0.3) is 0 Å². The normalized spacial score (nSPS) is 11.2. The first kappa shape index (κ1) is 17.7. The van der Waals surface area contributed by atoms with E-state index in [0.29, 0.717) is 25.8 Å². The summed E-state index contributed by atoms with van der Waals surface area (Å²) in [4.78, 5) is 4.46. The zero-order valence-electron chi connectivity index (χ0n) is 12.5. The van der Waals surface area contributed by atoms with Crippen molar-refractivity contribution >= 4 is 57.5 Å². The molecule has 0 spiro atoms. The standard InChI is InChI=1S/C17H9Cl3N4S/c18-11-3-1-10(2-4-11)16-9-25-17(22-16)15(8-21)24-23-14-6-5-12(19)7-13(14)20/h1-7,9,23H/b24-15+. The average molecular weight is 408 g/mol. The van der Waals surface area contributed by atoms with Crippen LogP contribution in [-0.2, 0) is 0 Å². The van der Waals surface area contributed by atoms with Gasteiger partial charge < -0.3 is 0 Å². The number of nitrogens with zero attached hydrogens (tertiary/aromatic N) is 3. The van der Waals surface area contributed by atoms with Crippen molar-refractivity contribution in [1.82, 2.24) is 4.98 Å². The van der Waals surface area contributed by atoms with E-state index >= 15 is 0 Å². The number of hydrogen-bond donors (Lipinski definition) is 1. The van der Waals surface area contributed by atoms with Crippen LogP contribution in [0.25, 0.3) is 11.3 Å². The van der Waals surface area contributed by atoms with E-state index in [4.69, 9.17) is 34.8 Å². The highest BCUT2D eigenvalue weighted by atomic mass is 35.5. The van der Waals surface area contributed by atoms with Gasteiger partial charge in [-0.25, -0.2) is 4.98 Å². The minimum Gasteiger partial charge on any atom is -0.276 e. The summed E-state index contributed by atoms with van der Waals surface area (Å²) in [6.07, 6.45) is 0. The van der Waals surface area contributed by atoms with Crippen LogP contribution >= 0.6 is 46.1 Å². The maximum Gasteiger partial charge on any atom is 0.196 e. The van der Waals surface area contributed by atoms with Gasteiger partial charge in [-0.2, -0.15) is 10.4 Å². The first-order chi connectivity index (χ1) is 12.1. The lowest BCUT2D eigenvalue weighted by atomic mass is 10.2. The van der Waals surface area contributed by atoms with Crippen molar-refractivity contribution in [2.75, 3.05) is 5.43 Å². The Morgan fingerprint density at radius 3 is 2.48 bits per heavy atom. The molecule has 0 aliphatic carbocycles.